The molecule has 0 saturated carbocycles. The van der Waals surface area contributed by atoms with Crippen molar-refractivity contribution in [2.75, 3.05) is 7.11 Å². The monoisotopic (exact) mass is 268 g/mol. The van der Waals surface area contributed by atoms with Crippen LogP contribution in [-0.2, 0) is 0 Å². The zero-order chi connectivity index (χ0) is 13.9. The number of phenols is 1. The Hall–Kier alpha value is -2.82. The highest BCUT2D eigenvalue weighted by Crippen LogP contribution is 2.25. The zero-order valence-electron chi connectivity index (χ0n) is 10.8. The molecule has 2 aromatic carbocycles. The van der Waals surface area contributed by atoms with E-state index < -0.39 is 0 Å². The lowest BCUT2D eigenvalue weighted by atomic mass is 10.2. The minimum Gasteiger partial charge on any atom is -0.508 e. The van der Waals surface area contributed by atoms with Crippen molar-refractivity contribution in [1.29, 1.82) is 0 Å². The van der Waals surface area contributed by atoms with Crippen LogP contribution < -0.4 is 4.74 Å². The van der Waals surface area contributed by atoms with Crippen LogP contribution in [0.25, 0.3) is 22.8 Å². The predicted octanol–water partition coefficient (Wildman–Crippen LogP) is 3.12. The molecule has 0 unspecified atom stereocenters. The molecule has 1 N–H and O–H groups in total. The molecule has 1 aromatic heterocycles. The second-order valence-corrected chi connectivity index (χ2v) is 4.20. The molecule has 100 valence electrons. The fraction of sp³-hybridized carbons (Fsp3) is 0.0667. The number of nitrogens with zero attached hydrogens (tertiary/aromatic N) is 2. The summed E-state index contributed by atoms with van der Waals surface area (Å²) in [6.45, 7) is 0. The van der Waals surface area contributed by atoms with Gasteiger partial charge in [-0.05, 0) is 42.5 Å². The smallest absolute Gasteiger partial charge is 0.258 e. The van der Waals surface area contributed by atoms with E-state index >= 15 is 0 Å². The Morgan fingerprint density at radius 1 is 1.05 bits per heavy atom. The number of hydrogen-bond acceptors (Lipinski definition) is 5. The van der Waals surface area contributed by atoms with Crippen LogP contribution in [-0.4, -0.2) is 22.4 Å². The maximum absolute atomic E-state index is 9.45. The Morgan fingerprint density at radius 3 is 2.55 bits per heavy atom. The molecule has 20 heavy (non-hydrogen) atoms. The van der Waals surface area contributed by atoms with Crippen LogP contribution in [0.5, 0.6) is 11.5 Å². The van der Waals surface area contributed by atoms with Crippen LogP contribution in [0.4, 0.5) is 0 Å². The third-order valence-corrected chi connectivity index (χ3v) is 2.87. The molecule has 3 aromatic rings. The van der Waals surface area contributed by atoms with Crippen molar-refractivity contribution in [3.8, 4) is 34.3 Å². The molecular weight excluding hydrogens is 256 g/mol. The Labute approximate surface area is 115 Å². The molecule has 0 aliphatic rings. The molecule has 0 aliphatic heterocycles. The van der Waals surface area contributed by atoms with Gasteiger partial charge in [-0.3, -0.25) is 0 Å². The van der Waals surface area contributed by atoms with E-state index in [-0.39, 0.29) is 5.75 Å². The number of rotatable bonds is 3. The van der Waals surface area contributed by atoms with Gasteiger partial charge in [-0.15, -0.1) is 0 Å². The summed E-state index contributed by atoms with van der Waals surface area (Å²) >= 11 is 0. The van der Waals surface area contributed by atoms with Gasteiger partial charge in [0.2, 0.25) is 5.82 Å². The summed E-state index contributed by atoms with van der Waals surface area (Å²) in [5.74, 6) is 1.79. The van der Waals surface area contributed by atoms with Crippen LogP contribution in [0.1, 0.15) is 0 Å². The minimum atomic E-state index is 0.159. The molecule has 0 saturated heterocycles. The fourth-order valence-electron chi connectivity index (χ4n) is 1.84. The summed E-state index contributed by atoms with van der Waals surface area (Å²) in [6.07, 6.45) is 0. The molecule has 3 rings (SSSR count). The molecule has 0 radical (unpaired) electrons. The van der Waals surface area contributed by atoms with Gasteiger partial charge in [0.15, 0.2) is 0 Å². The van der Waals surface area contributed by atoms with Crippen molar-refractivity contribution in [3.05, 3.63) is 48.5 Å². The molecule has 5 nitrogen and oxygen atoms in total. The van der Waals surface area contributed by atoms with E-state index in [1.807, 2.05) is 24.3 Å². The molecule has 0 spiro atoms. The number of ether oxygens (including phenoxy) is 1. The normalized spacial score (nSPS) is 10.4. The first-order chi connectivity index (χ1) is 9.76. The maximum atomic E-state index is 9.45. The molecule has 0 bridgehead atoms. The number of benzene rings is 2. The predicted molar refractivity (Wildman–Crippen MR) is 73.4 cm³/mol. The fourth-order valence-corrected chi connectivity index (χ4v) is 1.84. The largest absolute Gasteiger partial charge is 0.508 e. The van der Waals surface area contributed by atoms with Crippen molar-refractivity contribution in [3.63, 3.8) is 0 Å². The highest BCUT2D eigenvalue weighted by Gasteiger charge is 2.10. The van der Waals surface area contributed by atoms with E-state index in [0.717, 1.165) is 11.3 Å². The van der Waals surface area contributed by atoms with Gasteiger partial charge < -0.3 is 14.4 Å². The third kappa shape index (κ3) is 2.33. The molecule has 0 amide bonds. The van der Waals surface area contributed by atoms with Gasteiger partial charge in [-0.1, -0.05) is 11.2 Å². The van der Waals surface area contributed by atoms with Gasteiger partial charge in [-0.2, -0.15) is 4.98 Å². The Morgan fingerprint density at radius 2 is 1.85 bits per heavy atom. The summed E-state index contributed by atoms with van der Waals surface area (Å²) in [4.78, 5) is 4.32. The number of phenolic OH excluding ortho intramolecular Hbond substituents is 1. The van der Waals surface area contributed by atoms with Crippen LogP contribution >= 0.6 is 0 Å². The van der Waals surface area contributed by atoms with Gasteiger partial charge in [0.25, 0.3) is 5.89 Å². The molecule has 0 fully saturated rings. The first kappa shape index (κ1) is 12.2. The summed E-state index contributed by atoms with van der Waals surface area (Å²) in [7, 11) is 1.61. The first-order valence-corrected chi connectivity index (χ1v) is 6.04. The van der Waals surface area contributed by atoms with Crippen LogP contribution in [0.3, 0.4) is 0 Å². The van der Waals surface area contributed by atoms with E-state index in [9.17, 15) is 5.11 Å². The first-order valence-electron chi connectivity index (χ1n) is 6.04. The van der Waals surface area contributed by atoms with E-state index in [4.69, 9.17) is 9.26 Å². The standard InChI is InChI=1S/C15H12N2O3/c1-19-13-7-5-10(6-8-13)14-16-15(20-17-14)11-3-2-4-12(18)9-11/h2-9,18H,1H3. The number of aromatic hydroxyl groups is 1. The van der Waals surface area contributed by atoms with Crippen LogP contribution in [0.15, 0.2) is 53.1 Å². The van der Waals surface area contributed by atoms with Crippen LogP contribution in [0, 0.1) is 0 Å². The van der Waals surface area contributed by atoms with Gasteiger partial charge in [-0.25, -0.2) is 0 Å². The molecular formula is C15H12N2O3. The van der Waals surface area contributed by atoms with Gasteiger partial charge in [0.1, 0.15) is 11.5 Å². The van der Waals surface area contributed by atoms with E-state index in [2.05, 4.69) is 10.1 Å². The van der Waals surface area contributed by atoms with Gasteiger partial charge in [0, 0.05) is 11.1 Å². The lowest BCUT2D eigenvalue weighted by Gasteiger charge is -1.99. The van der Waals surface area contributed by atoms with Gasteiger partial charge in [0.05, 0.1) is 7.11 Å². The van der Waals surface area contributed by atoms with E-state index in [0.29, 0.717) is 17.3 Å². The Bertz CT molecular complexity index is 720. The highest BCUT2D eigenvalue weighted by atomic mass is 16.5. The average Bonchev–Trinajstić information content (AvgIpc) is 2.97. The topological polar surface area (TPSA) is 68.4 Å². The molecule has 5 heteroatoms. The van der Waals surface area contributed by atoms with Crippen molar-refractivity contribution >= 4 is 0 Å². The minimum absolute atomic E-state index is 0.159. The zero-order valence-corrected chi connectivity index (χ0v) is 10.8. The molecule has 0 atom stereocenters. The second-order valence-electron chi connectivity index (χ2n) is 4.20. The Balaban J connectivity index is 1.93. The van der Waals surface area contributed by atoms with Crippen molar-refractivity contribution in [1.82, 2.24) is 10.1 Å². The van der Waals surface area contributed by atoms with Crippen molar-refractivity contribution in [2.24, 2.45) is 0 Å². The lowest BCUT2D eigenvalue weighted by molar-refractivity contribution is 0.415. The molecule has 1 heterocycles. The third-order valence-electron chi connectivity index (χ3n) is 2.87. The SMILES string of the molecule is COc1ccc(-c2noc(-c3cccc(O)c3)n2)cc1. The van der Waals surface area contributed by atoms with Crippen molar-refractivity contribution < 1.29 is 14.4 Å². The van der Waals surface area contributed by atoms with Crippen LogP contribution in [0.2, 0.25) is 0 Å². The summed E-state index contributed by atoms with van der Waals surface area (Å²) in [6, 6.07) is 14.1. The quantitative estimate of drug-likeness (QED) is 0.790. The lowest BCUT2D eigenvalue weighted by Crippen LogP contribution is -1.84. The summed E-state index contributed by atoms with van der Waals surface area (Å²) < 4.78 is 10.3. The number of aromatic nitrogens is 2. The molecule has 0 aliphatic carbocycles. The maximum Gasteiger partial charge on any atom is 0.258 e. The summed E-state index contributed by atoms with van der Waals surface area (Å²) in [5, 5.41) is 13.4. The average molecular weight is 268 g/mol. The van der Waals surface area contributed by atoms with E-state index in [1.54, 1.807) is 31.4 Å². The van der Waals surface area contributed by atoms with Gasteiger partial charge >= 0.3 is 0 Å². The summed E-state index contributed by atoms with van der Waals surface area (Å²) in [5.41, 5.74) is 1.51. The van der Waals surface area contributed by atoms with Crippen molar-refractivity contribution in [2.45, 2.75) is 0 Å². The number of methoxy groups -OCH3 is 1. The Kier molecular flexibility index (Phi) is 3.09. The second kappa shape index (κ2) is 5.05. The highest BCUT2D eigenvalue weighted by molar-refractivity contribution is 5.61. The number of hydrogen-bond donors (Lipinski definition) is 1. The van der Waals surface area contributed by atoms with E-state index in [1.165, 1.54) is 0 Å².